The van der Waals surface area contributed by atoms with Gasteiger partial charge >= 0.3 is 0 Å². The number of nitrogens with one attached hydrogen (secondary N) is 2. The lowest BCUT2D eigenvalue weighted by molar-refractivity contribution is -0.134. The minimum atomic E-state index is -0.376. The van der Waals surface area contributed by atoms with Crippen molar-refractivity contribution in [3.05, 3.63) is 0 Å². The van der Waals surface area contributed by atoms with Crippen molar-refractivity contribution < 1.29 is 14.3 Å². The molecule has 2 atom stereocenters. The fraction of sp³-hybridized carbons (Fsp3) is 0.818. The van der Waals surface area contributed by atoms with E-state index in [0.29, 0.717) is 13.2 Å². The number of rotatable bonds is 2. The lowest BCUT2D eigenvalue weighted by Crippen LogP contribution is -2.48. The molecule has 16 heavy (non-hydrogen) atoms. The van der Waals surface area contributed by atoms with Crippen LogP contribution in [0.5, 0.6) is 0 Å². The van der Waals surface area contributed by atoms with E-state index in [4.69, 9.17) is 4.74 Å². The van der Waals surface area contributed by atoms with Gasteiger partial charge in [0.2, 0.25) is 11.8 Å². The molecule has 0 spiro atoms. The monoisotopic (exact) mass is 226 g/mol. The van der Waals surface area contributed by atoms with Crippen molar-refractivity contribution in [2.75, 3.05) is 13.2 Å². The van der Waals surface area contributed by atoms with Crippen molar-refractivity contribution in [2.45, 2.75) is 44.2 Å². The third-order valence-corrected chi connectivity index (χ3v) is 3.07. The third kappa shape index (κ3) is 2.72. The van der Waals surface area contributed by atoms with E-state index in [9.17, 15) is 9.59 Å². The molecular formula is C11H18N2O3. The van der Waals surface area contributed by atoms with Crippen LogP contribution in [0.15, 0.2) is 0 Å². The molecule has 5 heteroatoms. The van der Waals surface area contributed by atoms with Crippen LogP contribution in [0.2, 0.25) is 0 Å². The van der Waals surface area contributed by atoms with E-state index in [1.165, 1.54) is 0 Å². The first-order valence-electron chi connectivity index (χ1n) is 5.97. The van der Waals surface area contributed by atoms with E-state index >= 15 is 0 Å². The molecule has 2 amide bonds. The second-order valence-corrected chi connectivity index (χ2v) is 4.35. The van der Waals surface area contributed by atoms with Gasteiger partial charge in [0.25, 0.3) is 0 Å². The van der Waals surface area contributed by atoms with Crippen LogP contribution >= 0.6 is 0 Å². The van der Waals surface area contributed by atoms with Crippen molar-refractivity contribution in [1.29, 1.82) is 0 Å². The third-order valence-electron chi connectivity index (χ3n) is 3.07. The summed E-state index contributed by atoms with van der Waals surface area (Å²) in [4.78, 5) is 23.4. The van der Waals surface area contributed by atoms with Gasteiger partial charge in [-0.15, -0.1) is 0 Å². The van der Waals surface area contributed by atoms with E-state index in [0.717, 1.165) is 32.1 Å². The molecule has 2 N–H and O–H groups in total. The van der Waals surface area contributed by atoms with Crippen LogP contribution in [-0.2, 0) is 14.3 Å². The summed E-state index contributed by atoms with van der Waals surface area (Å²) >= 11 is 0. The standard InChI is InChI=1S/C11H18N2O3/c14-10-8(4-1-2-6-12-10)13-11(15)9-5-3-7-16-9/h8-9H,1-7H2,(H,12,14)(H,13,15)/t8-,9-/m0/s1. The molecule has 5 nitrogen and oxygen atoms in total. The minimum Gasteiger partial charge on any atom is -0.368 e. The summed E-state index contributed by atoms with van der Waals surface area (Å²) in [5, 5.41) is 5.57. The first-order chi connectivity index (χ1) is 7.77. The van der Waals surface area contributed by atoms with Gasteiger partial charge in [-0.3, -0.25) is 9.59 Å². The summed E-state index contributed by atoms with van der Waals surface area (Å²) in [6, 6.07) is -0.376. The van der Waals surface area contributed by atoms with Crippen molar-refractivity contribution in [2.24, 2.45) is 0 Å². The maximum Gasteiger partial charge on any atom is 0.249 e. The smallest absolute Gasteiger partial charge is 0.249 e. The van der Waals surface area contributed by atoms with Crippen LogP contribution in [0.25, 0.3) is 0 Å². The molecule has 0 aromatic heterocycles. The molecule has 0 saturated carbocycles. The highest BCUT2D eigenvalue weighted by Gasteiger charge is 2.28. The molecule has 0 aromatic rings. The zero-order valence-electron chi connectivity index (χ0n) is 9.33. The first kappa shape index (κ1) is 11.4. The topological polar surface area (TPSA) is 67.4 Å². The Morgan fingerprint density at radius 3 is 2.94 bits per heavy atom. The van der Waals surface area contributed by atoms with Crippen LogP contribution in [0.4, 0.5) is 0 Å². The second-order valence-electron chi connectivity index (χ2n) is 4.35. The van der Waals surface area contributed by atoms with Crippen molar-refractivity contribution in [3.8, 4) is 0 Å². The molecular weight excluding hydrogens is 208 g/mol. The SMILES string of the molecule is O=C1NCCCC[C@@H]1NC(=O)[C@@H]1CCCO1. The predicted octanol–water partition coefficient (Wildman–Crippen LogP) is -0.0497. The Kier molecular flexibility index (Phi) is 3.77. The highest BCUT2D eigenvalue weighted by atomic mass is 16.5. The van der Waals surface area contributed by atoms with Crippen LogP contribution in [0.3, 0.4) is 0 Å². The van der Waals surface area contributed by atoms with Gasteiger partial charge in [0.15, 0.2) is 0 Å². The predicted molar refractivity (Wildman–Crippen MR) is 57.8 cm³/mol. The maximum atomic E-state index is 11.8. The molecule has 0 unspecified atom stereocenters. The van der Waals surface area contributed by atoms with E-state index in [2.05, 4.69) is 10.6 Å². The van der Waals surface area contributed by atoms with Crippen LogP contribution in [0.1, 0.15) is 32.1 Å². The Balaban J connectivity index is 1.86. The van der Waals surface area contributed by atoms with E-state index < -0.39 is 0 Å². The van der Waals surface area contributed by atoms with Crippen molar-refractivity contribution in [1.82, 2.24) is 10.6 Å². The first-order valence-corrected chi connectivity index (χ1v) is 5.97. The van der Waals surface area contributed by atoms with Gasteiger partial charge in [-0.05, 0) is 32.1 Å². The van der Waals surface area contributed by atoms with E-state index in [-0.39, 0.29) is 24.0 Å². The Hall–Kier alpha value is -1.10. The summed E-state index contributed by atoms with van der Waals surface area (Å²) in [5.41, 5.74) is 0. The molecule has 0 radical (unpaired) electrons. The summed E-state index contributed by atoms with van der Waals surface area (Å²) in [5.74, 6) is -0.205. The average Bonchev–Trinajstić information content (AvgIpc) is 2.73. The summed E-state index contributed by atoms with van der Waals surface area (Å²) in [7, 11) is 0. The Morgan fingerprint density at radius 2 is 2.19 bits per heavy atom. The molecule has 2 aliphatic rings. The number of hydrogen-bond acceptors (Lipinski definition) is 3. The fourth-order valence-electron chi connectivity index (χ4n) is 2.13. The quantitative estimate of drug-likeness (QED) is 0.693. The van der Waals surface area contributed by atoms with E-state index in [1.807, 2.05) is 0 Å². The molecule has 0 aliphatic carbocycles. The average molecular weight is 226 g/mol. The van der Waals surface area contributed by atoms with Crippen LogP contribution < -0.4 is 10.6 Å². The molecule has 2 saturated heterocycles. The van der Waals surface area contributed by atoms with Gasteiger partial charge in [0.1, 0.15) is 12.1 Å². The van der Waals surface area contributed by atoms with Gasteiger partial charge < -0.3 is 15.4 Å². The lowest BCUT2D eigenvalue weighted by atomic mass is 10.1. The van der Waals surface area contributed by atoms with Crippen molar-refractivity contribution >= 4 is 11.8 Å². The number of carbonyl (C=O) groups is 2. The molecule has 2 rings (SSSR count). The van der Waals surface area contributed by atoms with Gasteiger partial charge in [-0.25, -0.2) is 0 Å². The highest BCUT2D eigenvalue weighted by molar-refractivity contribution is 5.89. The summed E-state index contributed by atoms with van der Waals surface area (Å²) in [6.45, 7) is 1.36. The molecule has 2 fully saturated rings. The lowest BCUT2D eigenvalue weighted by Gasteiger charge is -2.17. The Labute approximate surface area is 94.9 Å². The van der Waals surface area contributed by atoms with Gasteiger partial charge in [-0.2, -0.15) is 0 Å². The normalized spacial score (nSPS) is 30.6. The Bertz CT molecular complexity index is 274. The zero-order chi connectivity index (χ0) is 11.4. The fourth-order valence-corrected chi connectivity index (χ4v) is 2.13. The second kappa shape index (κ2) is 5.30. The van der Waals surface area contributed by atoms with Crippen molar-refractivity contribution in [3.63, 3.8) is 0 Å². The van der Waals surface area contributed by atoms with Crippen LogP contribution in [-0.4, -0.2) is 37.1 Å². The molecule has 0 aromatic carbocycles. The number of ether oxygens (including phenoxy) is 1. The minimum absolute atomic E-state index is 0.0659. The zero-order valence-corrected chi connectivity index (χ0v) is 9.33. The number of hydrogen-bond donors (Lipinski definition) is 2. The molecule has 2 aliphatic heterocycles. The summed E-state index contributed by atoms with van der Waals surface area (Å²) in [6.07, 6.45) is 4.02. The van der Waals surface area contributed by atoms with E-state index in [1.54, 1.807) is 0 Å². The number of amides is 2. The van der Waals surface area contributed by atoms with Crippen LogP contribution in [0, 0.1) is 0 Å². The maximum absolute atomic E-state index is 11.8. The highest BCUT2D eigenvalue weighted by Crippen LogP contribution is 2.13. The summed E-state index contributed by atoms with van der Waals surface area (Å²) < 4.78 is 5.28. The van der Waals surface area contributed by atoms with Gasteiger partial charge in [0.05, 0.1) is 0 Å². The molecule has 0 bridgehead atoms. The largest absolute Gasteiger partial charge is 0.368 e. The number of carbonyl (C=O) groups excluding carboxylic acids is 2. The van der Waals surface area contributed by atoms with Gasteiger partial charge in [-0.1, -0.05) is 0 Å². The Morgan fingerprint density at radius 1 is 1.31 bits per heavy atom. The molecule has 90 valence electrons. The van der Waals surface area contributed by atoms with Gasteiger partial charge in [0, 0.05) is 13.2 Å². The molecule has 2 heterocycles.